The van der Waals surface area contributed by atoms with Crippen molar-refractivity contribution in [3.63, 3.8) is 0 Å². The highest BCUT2D eigenvalue weighted by Gasteiger charge is 2.32. The zero-order chi connectivity index (χ0) is 16.9. The predicted molar refractivity (Wildman–Crippen MR) is 97.0 cm³/mol. The van der Waals surface area contributed by atoms with Gasteiger partial charge in [0, 0.05) is 24.7 Å². The number of hydrogen-bond donors (Lipinski definition) is 0. The molecule has 0 radical (unpaired) electrons. The molecule has 0 aliphatic carbocycles. The molecule has 24 heavy (non-hydrogen) atoms. The van der Waals surface area contributed by atoms with E-state index in [0.29, 0.717) is 28.3 Å². The summed E-state index contributed by atoms with van der Waals surface area (Å²) in [5.41, 5.74) is 0. The lowest BCUT2D eigenvalue weighted by atomic mass is 10.0. The summed E-state index contributed by atoms with van der Waals surface area (Å²) in [4.78, 5) is 17.0. The Labute approximate surface area is 153 Å². The van der Waals surface area contributed by atoms with Gasteiger partial charge in [0.15, 0.2) is 0 Å². The van der Waals surface area contributed by atoms with E-state index < -0.39 is 0 Å². The molecule has 1 amide bonds. The summed E-state index contributed by atoms with van der Waals surface area (Å²) in [5.74, 6) is 0.942. The Bertz CT molecular complexity index is 576. The summed E-state index contributed by atoms with van der Waals surface area (Å²) in [6.07, 6.45) is 5.50. The van der Waals surface area contributed by atoms with Crippen LogP contribution in [-0.2, 0) is 4.79 Å². The summed E-state index contributed by atoms with van der Waals surface area (Å²) in [5, 5.41) is 1.12. The molecular weight excluding hydrogens is 347 g/mol. The second-order valence-electron chi connectivity index (χ2n) is 6.50. The quantitative estimate of drug-likeness (QED) is 0.788. The Kier molecular flexibility index (Phi) is 6.25. The fourth-order valence-corrected chi connectivity index (χ4v) is 4.01. The highest BCUT2D eigenvalue weighted by Crippen LogP contribution is 2.27. The first-order chi connectivity index (χ1) is 11.6. The molecule has 4 nitrogen and oxygen atoms in total. The number of hydrogen-bond acceptors (Lipinski definition) is 3. The summed E-state index contributed by atoms with van der Waals surface area (Å²) in [6, 6.07) is 5.25. The second-order valence-corrected chi connectivity index (χ2v) is 7.35. The van der Waals surface area contributed by atoms with Crippen LogP contribution in [0.1, 0.15) is 32.1 Å². The Balaban J connectivity index is 1.54. The highest BCUT2D eigenvalue weighted by atomic mass is 35.5. The summed E-state index contributed by atoms with van der Waals surface area (Å²) in [6.45, 7) is 4.05. The number of likely N-dealkylation sites (tertiary alicyclic amines) is 2. The van der Waals surface area contributed by atoms with Gasteiger partial charge in [0.2, 0.25) is 5.91 Å². The van der Waals surface area contributed by atoms with Gasteiger partial charge in [0.05, 0.1) is 11.1 Å². The van der Waals surface area contributed by atoms with Crippen molar-refractivity contribution in [2.45, 2.75) is 38.1 Å². The summed E-state index contributed by atoms with van der Waals surface area (Å²) < 4.78 is 5.79. The zero-order valence-electron chi connectivity index (χ0n) is 13.8. The molecule has 0 bridgehead atoms. The van der Waals surface area contributed by atoms with Crippen LogP contribution < -0.4 is 4.74 Å². The molecule has 1 aromatic carbocycles. The van der Waals surface area contributed by atoms with Crippen LogP contribution in [0.4, 0.5) is 0 Å². The topological polar surface area (TPSA) is 32.8 Å². The first kappa shape index (κ1) is 17.8. The van der Waals surface area contributed by atoms with Crippen LogP contribution in [0.15, 0.2) is 18.2 Å². The van der Waals surface area contributed by atoms with Crippen LogP contribution in [0, 0.1) is 0 Å². The Morgan fingerprint density at radius 2 is 1.88 bits per heavy atom. The van der Waals surface area contributed by atoms with Crippen molar-refractivity contribution in [2.24, 2.45) is 0 Å². The normalized spacial score (nSPS) is 21.9. The minimum atomic E-state index is 0.0149. The second kappa shape index (κ2) is 8.41. The molecule has 2 fully saturated rings. The molecule has 6 heteroatoms. The van der Waals surface area contributed by atoms with Gasteiger partial charge in [-0.05, 0) is 50.4 Å². The number of halogens is 2. The standard InChI is InChI=1S/C18H24Cl2N2O2/c19-14-6-7-17(15(20)13-14)24-12-11-21-8-2-1-5-16(21)18(23)22-9-3-4-10-22/h6-7,13,16H,1-5,8-12H2. The summed E-state index contributed by atoms with van der Waals surface area (Å²) in [7, 11) is 0. The van der Waals surface area contributed by atoms with E-state index in [1.54, 1.807) is 18.2 Å². The maximum absolute atomic E-state index is 12.7. The number of piperidine rings is 1. The molecule has 2 heterocycles. The van der Waals surface area contributed by atoms with E-state index in [1.807, 2.05) is 4.90 Å². The fourth-order valence-electron chi connectivity index (χ4n) is 3.55. The van der Waals surface area contributed by atoms with E-state index in [0.717, 1.165) is 58.3 Å². The molecule has 3 rings (SSSR count). The van der Waals surface area contributed by atoms with Gasteiger partial charge in [-0.1, -0.05) is 29.6 Å². The molecule has 1 aromatic rings. The first-order valence-electron chi connectivity index (χ1n) is 8.76. The first-order valence-corrected chi connectivity index (χ1v) is 9.51. The summed E-state index contributed by atoms with van der Waals surface area (Å²) >= 11 is 12.0. The van der Waals surface area contributed by atoms with Crippen molar-refractivity contribution in [1.82, 2.24) is 9.80 Å². The van der Waals surface area contributed by atoms with Crippen molar-refractivity contribution in [1.29, 1.82) is 0 Å². The van der Waals surface area contributed by atoms with Gasteiger partial charge >= 0.3 is 0 Å². The number of carbonyl (C=O) groups is 1. The number of nitrogens with zero attached hydrogens (tertiary/aromatic N) is 2. The van der Waals surface area contributed by atoms with E-state index in [2.05, 4.69) is 4.90 Å². The van der Waals surface area contributed by atoms with Gasteiger partial charge in [-0.25, -0.2) is 0 Å². The van der Waals surface area contributed by atoms with Gasteiger partial charge in [-0.15, -0.1) is 0 Å². The lowest BCUT2D eigenvalue weighted by molar-refractivity contribution is -0.137. The number of amides is 1. The molecule has 132 valence electrons. The molecule has 0 spiro atoms. The number of carbonyl (C=O) groups excluding carboxylic acids is 1. The van der Waals surface area contributed by atoms with E-state index in [4.69, 9.17) is 27.9 Å². The molecule has 0 saturated carbocycles. The largest absolute Gasteiger partial charge is 0.491 e. The smallest absolute Gasteiger partial charge is 0.239 e. The monoisotopic (exact) mass is 370 g/mol. The maximum Gasteiger partial charge on any atom is 0.239 e. The van der Waals surface area contributed by atoms with Crippen molar-refractivity contribution < 1.29 is 9.53 Å². The Morgan fingerprint density at radius 3 is 2.62 bits per heavy atom. The Morgan fingerprint density at radius 1 is 1.12 bits per heavy atom. The number of rotatable bonds is 5. The average Bonchev–Trinajstić information content (AvgIpc) is 3.11. The third-order valence-corrected chi connectivity index (χ3v) is 5.38. The van der Waals surface area contributed by atoms with Crippen molar-refractivity contribution >= 4 is 29.1 Å². The maximum atomic E-state index is 12.7. The fraction of sp³-hybridized carbons (Fsp3) is 0.611. The lowest BCUT2D eigenvalue weighted by Gasteiger charge is -2.36. The van der Waals surface area contributed by atoms with Crippen LogP contribution in [-0.4, -0.2) is 54.5 Å². The van der Waals surface area contributed by atoms with E-state index >= 15 is 0 Å². The molecule has 1 unspecified atom stereocenters. The number of benzene rings is 1. The van der Waals surface area contributed by atoms with E-state index in [-0.39, 0.29) is 6.04 Å². The molecule has 2 saturated heterocycles. The van der Waals surface area contributed by atoms with E-state index in [9.17, 15) is 4.79 Å². The third-order valence-electron chi connectivity index (χ3n) is 4.85. The highest BCUT2D eigenvalue weighted by molar-refractivity contribution is 6.35. The van der Waals surface area contributed by atoms with Crippen molar-refractivity contribution in [2.75, 3.05) is 32.8 Å². The molecule has 1 atom stereocenters. The molecule has 0 aromatic heterocycles. The van der Waals surface area contributed by atoms with Crippen molar-refractivity contribution in [3.8, 4) is 5.75 Å². The number of ether oxygens (including phenoxy) is 1. The van der Waals surface area contributed by atoms with Crippen LogP contribution in [0.2, 0.25) is 10.0 Å². The zero-order valence-corrected chi connectivity index (χ0v) is 15.4. The van der Waals surface area contributed by atoms with Gasteiger partial charge in [0.25, 0.3) is 0 Å². The minimum absolute atomic E-state index is 0.0149. The minimum Gasteiger partial charge on any atom is -0.491 e. The van der Waals surface area contributed by atoms with Gasteiger partial charge < -0.3 is 9.64 Å². The van der Waals surface area contributed by atoms with Crippen LogP contribution >= 0.6 is 23.2 Å². The van der Waals surface area contributed by atoms with Gasteiger partial charge in [0.1, 0.15) is 12.4 Å². The van der Waals surface area contributed by atoms with Crippen molar-refractivity contribution in [3.05, 3.63) is 28.2 Å². The van der Waals surface area contributed by atoms with Gasteiger partial charge in [-0.2, -0.15) is 0 Å². The average molecular weight is 371 g/mol. The van der Waals surface area contributed by atoms with Gasteiger partial charge in [-0.3, -0.25) is 9.69 Å². The third kappa shape index (κ3) is 4.35. The SMILES string of the molecule is O=C(C1CCCCN1CCOc1ccc(Cl)cc1Cl)N1CCCC1. The Hall–Kier alpha value is -0.970. The molecule has 2 aliphatic rings. The predicted octanol–water partition coefficient (Wildman–Crippen LogP) is 3.85. The molecule has 0 N–H and O–H groups in total. The molecule has 2 aliphatic heterocycles. The van der Waals surface area contributed by atoms with Crippen LogP contribution in [0.25, 0.3) is 0 Å². The van der Waals surface area contributed by atoms with Crippen LogP contribution in [0.5, 0.6) is 5.75 Å². The lowest BCUT2D eigenvalue weighted by Crippen LogP contribution is -2.51. The van der Waals surface area contributed by atoms with E-state index in [1.165, 1.54) is 0 Å². The molecular formula is C18H24Cl2N2O2. The van der Waals surface area contributed by atoms with Crippen LogP contribution in [0.3, 0.4) is 0 Å².